The van der Waals surface area contributed by atoms with E-state index in [0.29, 0.717) is 16.9 Å². The standard InChI is InChI=1S/C22H23N5O2/c1-25-11-9-17-19(25)4-3-5-20(17)29-15-7-12-27(13-8-15)22-24-18-14-23-10-6-16(18)21(28)26(22)2/h3-6,9-11,14-15H,7-8,12-13H2,1-2H3. The van der Waals surface area contributed by atoms with E-state index in [9.17, 15) is 4.79 Å². The molecule has 0 atom stereocenters. The normalized spacial score (nSPS) is 15.3. The lowest BCUT2D eigenvalue weighted by atomic mass is 10.1. The smallest absolute Gasteiger partial charge is 0.262 e. The summed E-state index contributed by atoms with van der Waals surface area (Å²) >= 11 is 0. The molecule has 4 aromatic rings. The van der Waals surface area contributed by atoms with Crippen LogP contribution in [0.5, 0.6) is 5.75 Å². The Morgan fingerprint density at radius 3 is 2.72 bits per heavy atom. The molecule has 0 aliphatic carbocycles. The molecule has 0 unspecified atom stereocenters. The summed E-state index contributed by atoms with van der Waals surface area (Å²) in [4.78, 5) is 23.6. The zero-order chi connectivity index (χ0) is 20.0. The number of fused-ring (bicyclic) bond motifs is 2. The number of rotatable bonds is 3. The lowest BCUT2D eigenvalue weighted by Gasteiger charge is -2.33. The molecule has 0 spiro atoms. The maximum atomic E-state index is 12.7. The van der Waals surface area contributed by atoms with E-state index in [1.807, 2.05) is 19.2 Å². The first kappa shape index (κ1) is 17.7. The third-order valence-corrected chi connectivity index (χ3v) is 5.76. The highest BCUT2D eigenvalue weighted by atomic mass is 16.5. The summed E-state index contributed by atoms with van der Waals surface area (Å²) in [6, 6.07) is 10.00. The van der Waals surface area contributed by atoms with Crippen LogP contribution in [0.25, 0.3) is 21.8 Å². The average Bonchev–Trinajstić information content (AvgIpc) is 3.13. The maximum absolute atomic E-state index is 12.7. The molecule has 0 N–H and O–H groups in total. The second-order valence-electron chi connectivity index (χ2n) is 7.59. The zero-order valence-electron chi connectivity index (χ0n) is 16.6. The first-order valence-electron chi connectivity index (χ1n) is 9.88. The molecule has 7 nitrogen and oxygen atoms in total. The van der Waals surface area contributed by atoms with Crippen molar-refractivity contribution < 1.29 is 4.74 Å². The molecule has 7 heteroatoms. The average molecular weight is 389 g/mol. The second-order valence-corrected chi connectivity index (χ2v) is 7.59. The Morgan fingerprint density at radius 1 is 1.07 bits per heavy atom. The van der Waals surface area contributed by atoms with E-state index in [0.717, 1.165) is 37.1 Å². The van der Waals surface area contributed by atoms with Gasteiger partial charge in [-0.25, -0.2) is 4.98 Å². The van der Waals surface area contributed by atoms with Gasteiger partial charge in [0.2, 0.25) is 5.95 Å². The quantitative estimate of drug-likeness (QED) is 0.539. The number of aromatic nitrogens is 4. The molecule has 1 aliphatic heterocycles. The minimum Gasteiger partial charge on any atom is -0.490 e. The molecule has 0 amide bonds. The lowest BCUT2D eigenvalue weighted by molar-refractivity contribution is 0.172. The Bertz CT molecular complexity index is 1250. The van der Waals surface area contributed by atoms with Crippen LogP contribution in [0.15, 0.2) is 53.7 Å². The molecule has 0 bridgehead atoms. The van der Waals surface area contributed by atoms with Gasteiger partial charge in [-0.1, -0.05) is 6.07 Å². The molecule has 1 fully saturated rings. The molecule has 0 radical (unpaired) electrons. The van der Waals surface area contributed by atoms with E-state index in [4.69, 9.17) is 9.72 Å². The number of benzene rings is 1. The highest BCUT2D eigenvalue weighted by Crippen LogP contribution is 2.29. The van der Waals surface area contributed by atoms with E-state index in [1.165, 1.54) is 5.52 Å². The molecule has 29 heavy (non-hydrogen) atoms. The molecule has 1 aliphatic rings. The third kappa shape index (κ3) is 3.03. The van der Waals surface area contributed by atoms with Gasteiger partial charge in [0.15, 0.2) is 0 Å². The summed E-state index contributed by atoms with van der Waals surface area (Å²) in [5, 5.41) is 1.74. The summed E-state index contributed by atoms with van der Waals surface area (Å²) in [5.74, 6) is 1.63. The van der Waals surface area contributed by atoms with Crippen molar-refractivity contribution in [1.82, 2.24) is 19.1 Å². The number of hydrogen-bond acceptors (Lipinski definition) is 5. The van der Waals surface area contributed by atoms with Gasteiger partial charge in [0.25, 0.3) is 5.56 Å². The predicted molar refractivity (Wildman–Crippen MR) is 114 cm³/mol. The summed E-state index contributed by atoms with van der Waals surface area (Å²) in [5.41, 5.74) is 1.77. The molecule has 1 aromatic carbocycles. The number of nitrogens with zero attached hydrogens (tertiary/aromatic N) is 5. The fraction of sp³-hybridized carbons (Fsp3) is 0.318. The monoisotopic (exact) mass is 389 g/mol. The van der Waals surface area contributed by atoms with Crippen molar-refractivity contribution in [3.05, 3.63) is 59.3 Å². The van der Waals surface area contributed by atoms with Gasteiger partial charge >= 0.3 is 0 Å². The Morgan fingerprint density at radius 2 is 1.90 bits per heavy atom. The van der Waals surface area contributed by atoms with Gasteiger partial charge in [-0.3, -0.25) is 14.3 Å². The van der Waals surface area contributed by atoms with Crippen molar-refractivity contribution in [3.8, 4) is 5.75 Å². The highest BCUT2D eigenvalue weighted by Gasteiger charge is 2.24. The molecule has 0 saturated carbocycles. The van der Waals surface area contributed by atoms with Crippen LogP contribution < -0.4 is 15.2 Å². The highest BCUT2D eigenvalue weighted by molar-refractivity contribution is 5.86. The van der Waals surface area contributed by atoms with Crippen molar-refractivity contribution in [2.45, 2.75) is 18.9 Å². The Hall–Kier alpha value is -3.35. The van der Waals surface area contributed by atoms with Crippen molar-refractivity contribution in [2.24, 2.45) is 14.1 Å². The van der Waals surface area contributed by atoms with Crippen LogP contribution in [0.1, 0.15) is 12.8 Å². The Balaban J connectivity index is 1.35. The van der Waals surface area contributed by atoms with Crippen LogP contribution in [0.2, 0.25) is 0 Å². The number of ether oxygens (including phenoxy) is 1. The SMILES string of the molecule is Cn1c(N2CCC(Oc3cccc4c3ccn4C)CC2)nc2cnccc2c1=O. The first-order valence-corrected chi connectivity index (χ1v) is 9.88. The number of pyridine rings is 1. The fourth-order valence-electron chi connectivity index (χ4n) is 4.12. The van der Waals surface area contributed by atoms with Gasteiger partial charge in [-0.05, 0) is 24.3 Å². The molecule has 148 valence electrons. The van der Waals surface area contributed by atoms with E-state index in [2.05, 4.69) is 32.8 Å². The van der Waals surface area contributed by atoms with Crippen molar-refractivity contribution >= 4 is 27.8 Å². The predicted octanol–water partition coefficient (Wildman–Crippen LogP) is 2.87. The van der Waals surface area contributed by atoms with E-state index < -0.39 is 0 Å². The summed E-state index contributed by atoms with van der Waals surface area (Å²) in [7, 11) is 3.82. The second kappa shape index (κ2) is 6.92. The molecule has 1 saturated heterocycles. The molecule has 4 heterocycles. The minimum atomic E-state index is -0.0403. The minimum absolute atomic E-state index is 0.0403. The lowest BCUT2D eigenvalue weighted by Crippen LogP contribution is -2.41. The summed E-state index contributed by atoms with van der Waals surface area (Å²) in [6.07, 6.45) is 7.24. The van der Waals surface area contributed by atoms with Crippen LogP contribution in [0.3, 0.4) is 0 Å². The third-order valence-electron chi connectivity index (χ3n) is 5.76. The number of piperidine rings is 1. The summed E-state index contributed by atoms with van der Waals surface area (Å²) in [6.45, 7) is 1.59. The molecule has 3 aromatic heterocycles. The number of hydrogen-bond donors (Lipinski definition) is 0. The first-order chi connectivity index (χ1) is 14.1. The van der Waals surface area contributed by atoms with Crippen molar-refractivity contribution in [1.29, 1.82) is 0 Å². The molecule has 5 rings (SSSR count). The fourth-order valence-corrected chi connectivity index (χ4v) is 4.12. The topological polar surface area (TPSA) is 65.2 Å². The van der Waals surface area contributed by atoms with Crippen molar-refractivity contribution in [2.75, 3.05) is 18.0 Å². The van der Waals surface area contributed by atoms with E-state index in [-0.39, 0.29) is 11.7 Å². The number of anilines is 1. The zero-order valence-corrected chi connectivity index (χ0v) is 16.6. The van der Waals surface area contributed by atoms with Crippen LogP contribution in [-0.2, 0) is 14.1 Å². The molecular weight excluding hydrogens is 366 g/mol. The van der Waals surface area contributed by atoms with E-state index in [1.54, 1.807) is 30.1 Å². The molecular formula is C22H23N5O2. The Kier molecular flexibility index (Phi) is 4.23. The van der Waals surface area contributed by atoms with Gasteiger partial charge in [0, 0.05) is 57.8 Å². The van der Waals surface area contributed by atoms with Crippen LogP contribution >= 0.6 is 0 Å². The van der Waals surface area contributed by atoms with Crippen LogP contribution in [0, 0.1) is 0 Å². The van der Waals surface area contributed by atoms with Gasteiger partial charge < -0.3 is 14.2 Å². The largest absolute Gasteiger partial charge is 0.490 e. The number of aryl methyl sites for hydroxylation is 1. The van der Waals surface area contributed by atoms with Gasteiger partial charge in [0.1, 0.15) is 11.9 Å². The van der Waals surface area contributed by atoms with Crippen LogP contribution in [0.4, 0.5) is 5.95 Å². The van der Waals surface area contributed by atoms with Gasteiger partial charge in [0.05, 0.1) is 22.6 Å². The van der Waals surface area contributed by atoms with Crippen molar-refractivity contribution in [3.63, 3.8) is 0 Å². The maximum Gasteiger partial charge on any atom is 0.262 e. The van der Waals surface area contributed by atoms with E-state index >= 15 is 0 Å². The summed E-state index contributed by atoms with van der Waals surface area (Å²) < 4.78 is 10.1. The van der Waals surface area contributed by atoms with Crippen LogP contribution in [-0.4, -0.2) is 38.3 Å². The Labute approximate surface area is 168 Å². The van der Waals surface area contributed by atoms with Gasteiger partial charge in [-0.15, -0.1) is 0 Å². The van der Waals surface area contributed by atoms with Gasteiger partial charge in [-0.2, -0.15) is 0 Å².